The van der Waals surface area contributed by atoms with E-state index >= 15 is 0 Å². The molecule has 0 amide bonds. The van der Waals surface area contributed by atoms with Crippen molar-refractivity contribution < 1.29 is 5.21 Å². The summed E-state index contributed by atoms with van der Waals surface area (Å²) >= 11 is 1.69. The lowest BCUT2D eigenvalue weighted by molar-refractivity contribution is 0.209. The van der Waals surface area contributed by atoms with Gasteiger partial charge in [0, 0.05) is 19.6 Å². The molecular weight excluding hydrogens is 270 g/mol. The van der Waals surface area contributed by atoms with Crippen molar-refractivity contribution in [3.63, 3.8) is 0 Å². The van der Waals surface area contributed by atoms with E-state index in [2.05, 4.69) is 41.2 Å². The van der Waals surface area contributed by atoms with Crippen LogP contribution in [-0.2, 0) is 6.54 Å². The minimum absolute atomic E-state index is 0.197. The molecular formula is C15H23N3OS. The largest absolute Gasteiger partial charge is 0.409 e. The second-order valence-electron chi connectivity index (χ2n) is 5.45. The second-order valence-corrected chi connectivity index (χ2v) is 6.64. The van der Waals surface area contributed by atoms with Crippen LogP contribution in [0.25, 0.3) is 0 Å². The molecule has 2 rings (SSSR count). The molecule has 1 heterocycles. The Labute approximate surface area is 125 Å². The van der Waals surface area contributed by atoms with E-state index in [1.54, 1.807) is 11.8 Å². The van der Waals surface area contributed by atoms with E-state index in [9.17, 15) is 0 Å². The molecule has 1 saturated heterocycles. The molecule has 5 heteroatoms. The molecule has 0 unspecified atom stereocenters. The molecule has 0 atom stereocenters. The minimum Gasteiger partial charge on any atom is -0.409 e. The lowest BCUT2D eigenvalue weighted by Gasteiger charge is -2.39. The number of benzene rings is 1. The predicted octanol–water partition coefficient (Wildman–Crippen LogP) is 2.44. The minimum atomic E-state index is -0.197. The molecule has 20 heavy (non-hydrogen) atoms. The zero-order chi connectivity index (χ0) is 14.6. The molecule has 1 aliphatic rings. The van der Waals surface area contributed by atoms with Gasteiger partial charge in [0.15, 0.2) is 5.84 Å². The summed E-state index contributed by atoms with van der Waals surface area (Å²) in [6.45, 7) is 5.05. The normalized spacial score (nSPS) is 20.0. The fraction of sp³-hybridized carbons (Fsp3) is 0.533. The number of hydrogen-bond acceptors (Lipinski definition) is 4. The van der Waals surface area contributed by atoms with Gasteiger partial charge in [-0.15, -0.1) is 0 Å². The number of amidine groups is 1. The highest BCUT2D eigenvalue weighted by molar-refractivity contribution is 8.00. The maximum Gasteiger partial charge on any atom is 0.155 e. The van der Waals surface area contributed by atoms with Crippen LogP contribution in [0.4, 0.5) is 0 Å². The molecule has 1 aromatic carbocycles. The number of nitrogens with two attached hydrogens (primary N) is 1. The van der Waals surface area contributed by atoms with Gasteiger partial charge in [-0.1, -0.05) is 35.0 Å². The summed E-state index contributed by atoms with van der Waals surface area (Å²) in [5, 5.41) is 12.2. The molecule has 1 aliphatic heterocycles. The third kappa shape index (κ3) is 3.27. The van der Waals surface area contributed by atoms with Crippen LogP contribution < -0.4 is 5.73 Å². The molecule has 0 radical (unpaired) electrons. The van der Waals surface area contributed by atoms with Gasteiger partial charge in [-0.25, -0.2) is 0 Å². The van der Waals surface area contributed by atoms with Crippen molar-refractivity contribution in [2.75, 3.05) is 19.3 Å². The third-order valence-corrected chi connectivity index (χ3v) is 5.52. The van der Waals surface area contributed by atoms with E-state index in [1.165, 1.54) is 11.1 Å². The van der Waals surface area contributed by atoms with Gasteiger partial charge in [0.1, 0.15) is 0 Å². The molecule has 1 fully saturated rings. The van der Waals surface area contributed by atoms with E-state index in [1.807, 2.05) is 6.26 Å². The molecule has 0 bridgehead atoms. The summed E-state index contributed by atoms with van der Waals surface area (Å²) in [6.07, 6.45) is 3.89. The molecule has 3 N–H and O–H groups in total. The van der Waals surface area contributed by atoms with E-state index in [0.717, 1.165) is 32.5 Å². The standard InChI is InChI=1S/C15H23N3OS/c1-12-4-3-5-13(10-12)11-18-8-6-15(20-2,7-9-18)14(16)17-19/h3-5,10,19H,6-9,11H2,1-2H3,(H2,16,17). The van der Waals surface area contributed by atoms with Gasteiger partial charge in [-0.05, 0) is 31.6 Å². The Balaban J connectivity index is 1.97. The Kier molecular flexibility index (Phi) is 4.94. The summed E-state index contributed by atoms with van der Waals surface area (Å²) in [7, 11) is 0. The first-order valence-corrected chi connectivity index (χ1v) is 8.13. The number of thioether (sulfide) groups is 1. The summed E-state index contributed by atoms with van der Waals surface area (Å²) in [6, 6.07) is 8.64. The lowest BCUT2D eigenvalue weighted by atomic mass is 9.94. The number of rotatable bonds is 4. The zero-order valence-corrected chi connectivity index (χ0v) is 13.0. The average Bonchev–Trinajstić information content (AvgIpc) is 2.47. The number of piperidine rings is 1. The number of hydrogen-bond donors (Lipinski definition) is 2. The van der Waals surface area contributed by atoms with Crippen molar-refractivity contribution in [1.29, 1.82) is 0 Å². The Morgan fingerprint density at radius 2 is 2.15 bits per heavy atom. The molecule has 110 valence electrons. The summed E-state index contributed by atoms with van der Waals surface area (Å²) < 4.78 is -0.197. The maximum atomic E-state index is 8.95. The summed E-state index contributed by atoms with van der Waals surface area (Å²) in [5.74, 6) is 0.361. The van der Waals surface area contributed by atoms with E-state index in [-0.39, 0.29) is 4.75 Å². The lowest BCUT2D eigenvalue weighted by Crippen LogP contribution is -2.49. The maximum absolute atomic E-state index is 8.95. The van der Waals surface area contributed by atoms with Gasteiger partial charge in [-0.2, -0.15) is 11.8 Å². The van der Waals surface area contributed by atoms with E-state index < -0.39 is 0 Å². The van der Waals surface area contributed by atoms with Crippen molar-refractivity contribution in [3.8, 4) is 0 Å². The van der Waals surface area contributed by atoms with Crippen LogP contribution in [0, 0.1) is 6.92 Å². The highest BCUT2D eigenvalue weighted by atomic mass is 32.2. The smallest absolute Gasteiger partial charge is 0.155 e. The first kappa shape index (κ1) is 15.2. The van der Waals surface area contributed by atoms with Crippen molar-refractivity contribution in [3.05, 3.63) is 35.4 Å². The van der Waals surface area contributed by atoms with Crippen molar-refractivity contribution >= 4 is 17.6 Å². The van der Waals surface area contributed by atoms with Crippen LogP contribution in [0.15, 0.2) is 29.4 Å². The van der Waals surface area contributed by atoms with Gasteiger partial charge < -0.3 is 10.9 Å². The van der Waals surface area contributed by atoms with E-state index in [4.69, 9.17) is 10.9 Å². The SMILES string of the molecule is CSC1(C(N)=NO)CCN(Cc2cccc(C)c2)CC1. The van der Waals surface area contributed by atoms with Crippen molar-refractivity contribution in [2.45, 2.75) is 31.1 Å². The number of oxime groups is 1. The van der Waals surface area contributed by atoms with Crippen molar-refractivity contribution in [2.24, 2.45) is 10.9 Å². The van der Waals surface area contributed by atoms with Gasteiger partial charge in [0.2, 0.25) is 0 Å². The summed E-state index contributed by atoms with van der Waals surface area (Å²) in [5.41, 5.74) is 8.52. The van der Waals surface area contributed by atoms with Crippen LogP contribution in [0.3, 0.4) is 0 Å². The first-order chi connectivity index (χ1) is 9.59. The Morgan fingerprint density at radius 1 is 1.45 bits per heavy atom. The molecule has 1 aromatic rings. The number of likely N-dealkylation sites (tertiary alicyclic amines) is 1. The topological polar surface area (TPSA) is 61.9 Å². The molecule has 0 saturated carbocycles. The molecule has 0 aliphatic carbocycles. The van der Waals surface area contributed by atoms with Crippen LogP contribution in [0.2, 0.25) is 0 Å². The third-order valence-electron chi connectivity index (χ3n) is 4.12. The summed E-state index contributed by atoms with van der Waals surface area (Å²) in [4.78, 5) is 2.44. The Bertz CT molecular complexity index is 482. The zero-order valence-electron chi connectivity index (χ0n) is 12.2. The average molecular weight is 293 g/mol. The highest BCUT2D eigenvalue weighted by Gasteiger charge is 2.38. The number of nitrogens with zero attached hydrogens (tertiary/aromatic N) is 2. The Morgan fingerprint density at radius 3 is 2.70 bits per heavy atom. The van der Waals surface area contributed by atoms with Crippen LogP contribution in [0.1, 0.15) is 24.0 Å². The Hall–Kier alpha value is -1.20. The first-order valence-electron chi connectivity index (χ1n) is 6.91. The molecule has 4 nitrogen and oxygen atoms in total. The van der Waals surface area contributed by atoms with Crippen LogP contribution in [0.5, 0.6) is 0 Å². The quantitative estimate of drug-likeness (QED) is 0.387. The fourth-order valence-corrected chi connectivity index (χ4v) is 3.64. The van der Waals surface area contributed by atoms with Crippen molar-refractivity contribution in [1.82, 2.24) is 4.90 Å². The number of aryl methyl sites for hydroxylation is 1. The van der Waals surface area contributed by atoms with E-state index in [0.29, 0.717) is 5.84 Å². The molecule has 0 spiro atoms. The van der Waals surface area contributed by atoms with Gasteiger partial charge in [-0.3, -0.25) is 4.90 Å². The fourth-order valence-electron chi connectivity index (χ4n) is 2.80. The van der Waals surface area contributed by atoms with Crippen LogP contribution >= 0.6 is 11.8 Å². The second kappa shape index (κ2) is 6.50. The van der Waals surface area contributed by atoms with Gasteiger partial charge in [0.25, 0.3) is 0 Å². The van der Waals surface area contributed by atoms with Crippen LogP contribution in [-0.4, -0.2) is 40.0 Å². The predicted molar refractivity (Wildman–Crippen MR) is 85.3 cm³/mol. The molecule has 0 aromatic heterocycles. The van der Waals surface area contributed by atoms with Gasteiger partial charge >= 0.3 is 0 Å². The van der Waals surface area contributed by atoms with Gasteiger partial charge in [0.05, 0.1) is 4.75 Å². The monoisotopic (exact) mass is 293 g/mol. The highest BCUT2D eigenvalue weighted by Crippen LogP contribution is 2.35.